The molecule has 0 amide bonds. The summed E-state index contributed by atoms with van der Waals surface area (Å²) in [6.45, 7) is 0. The van der Waals surface area contributed by atoms with Gasteiger partial charge in [-0.15, -0.1) is 10.2 Å². The van der Waals surface area contributed by atoms with Gasteiger partial charge < -0.3 is 4.42 Å². The van der Waals surface area contributed by atoms with Crippen LogP contribution < -0.4 is 0 Å². The predicted molar refractivity (Wildman–Crippen MR) is 101 cm³/mol. The normalized spacial score (nSPS) is 11.2. The van der Waals surface area contributed by atoms with Crippen LogP contribution >= 0.6 is 11.8 Å². The SMILES string of the molecule is C(=N\n1c(SCc2ccccc2)nnc1-c1ccncc1)/c1ccco1. The maximum Gasteiger partial charge on any atom is 0.212 e. The summed E-state index contributed by atoms with van der Waals surface area (Å²) in [7, 11) is 0. The van der Waals surface area contributed by atoms with Crippen LogP contribution in [0.25, 0.3) is 11.4 Å². The molecule has 0 saturated heterocycles. The van der Waals surface area contributed by atoms with Gasteiger partial charge in [-0.25, -0.2) is 0 Å². The van der Waals surface area contributed by atoms with Gasteiger partial charge in [-0.2, -0.15) is 9.78 Å². The number of pyridine rings is 1. The van der Waals surface area contributed by atoms with E-state index in [0.717, 1.165) is 11.3 Å². The lowest BCUT2D eigenvalue weighted by atomic mass is 10.2. The van der Waals surface area contributed by atoms with Gasteiger partial charge in [0, 0.05) is 23.7 Å². The van der Waals surface area contributed by atoms with Crippen LogP contribution in [0, 0.1) is 0 Å². The van der Waals surface area contributed by atoms with E-state index in [1.165, 1.54) is 5.56 Å². The van der Waals surface area contributed by atoms with Crippen LogP contribution in [0.4, 0.5) is 0 Å². The average Bonchev–Trinajstić information content (AvgIpc) is 3.36. The van der Waals surface area contributed by atoms with Crippen molar-refractivity contribution in [1.29, 1.82) is 0 Å². The Balaban J connectivity index is 1.65. The molecule has 4 aromatic rings. The molecule has 0 aliphatic heterocycles. The molecule has 3 aromatic heterocycles. The minimum absolute atomic E-state index is 0.658. The summed E-state index contributed by atoms with van der Waals surface area (Å²) in [4.78, 5) is 4.05. The second-order valence-corrected chi connectivity index (χ2v) is 6.33. The zero-order chi connectivity index (χ0) is 17.6. The quantitative estimate of drug-likeness (QED) is 0.382. The largest absolute Gasteiger partial charge is 0.463 e. The maximum absolute atomic E-state index is 5.33. The Kier molecular flexibility index (Phi) is 4.88. The van der Waals surface area contributed by atoms with Crippen molar-refractivity contribution in [2.75, 3.05) is 0 Å². The molecule has 0 N–H and O–H groups in total. The number of hydrogen-bond acceptors (Lipinski definition) is 6. The third-order valence-electron chi connectivity index (χ3n) is 3.60. The van der Waals surface area contributed by atoms with Crippen LogP contribution in [0.15, 0.2) is 87.9 Å². The number of thioether (sulfide) groups is 1. The van der Waals surface area contributed by atoms with Gasteiger partial charge in [0.1, 0.15) is 5.76 Å². The first kappa shape index (κ1) is 16.3. The van der Waals surface area contributed by atoms with Crippen molar-refractivity contribution in [3.63, 3.8) is 0 Å². The Morgan fingerprint density at radius 2 is 1.85 bits per heavy atom. The third kappa shape index (κ3) is 3.73. The molecule has 1 aromatic carbocycles. The molecule has 26 heavy (non-hydrogen) atoms. The number of nitrogens with zero attached hydrogens (tertiary/aromatic N) is 5. The first-order valence-corrected chi connectivity index (χ1v) is 8.99. The van der Waals surface area contributed by atoms with Gasteiger partial charge in [0.2, 0.25) is 5.16 Å². The fourth-order valence-corrected chi connectivity index (χ4v) is 3.18. The standard InChI is InChI=1S/C19H15N5OS/c1-2-5-15(6-3-1)14-26-19-23-22-18(16-8-10-20-11-9-16)24(19)21-13-17-7-4-12-25-17/h1-13H,14H2/b21-13+. The summed E-state index contributed by atoms with van der Waals surface area (Å²) in [5.41, 5.74) is 2.11. The molecular formula is C19H15N5OS. The lowest BCUT2D eigenvalue weighted by Gasteiger charge is -2.04. The molecule has 0 atom stereocenters. The highest BCUT2D eigenvalue weighted by molar-refractivity contribution is 7.98. The van der Waals surface area contributed by atoms with E-state index in [1.54, 1.807) is 41.3 Å². The van der Waals surface area contributed by atoms with Gasteiger partial charge >= 0.3 is 0 Å². The highest BCUT2D eigenvalue weighted by Crippen LogP contribution is 2.26. The minimum Gasteiger partial charge on any atom is -0.463 e. The van der Waals surface area contributed by atoms with Gasteiger partial charge in [0.15, 0.2) is 5.82 Å². The average molecular weight is 361 g/mol. The summed E-state index contributed by atoms with van der Waals surface area (Å²) in [6, 6.07) is 17.7. The highest BCUT2D eigenvalue weighted by atomic mass is 32.2. The molecule has 7 heteroatoms. The molecule has 0 saturated carbocycles. The monoisotopic (exact) mass is 361 g/mol. The van der Waals surface area contributed by atoms with E-state index < -0.39 is 0 Å². The Morgan fingerprint density at radius 3 is 2.62 bits per heavy atom. The first-order chi connectivity index (χ1) is 12.9. The van der Waals surface area contributed by atoms with Crippen molar-refractivity contribution in [2.45, 2.75) is 10.9 Å². The van der Waals surface area contributed by atoms with Crippen LogP contribution in [0.1, 0.15) is 11.3 Å². The van der Waals surface area contributed by atoms with Gasteiger partial charge in [-0.3, -0.25) is 4.98 Å². The Labute approximate surface area is 154 Å². The lowest BCUT2D eigenvalue weighted by molar-refractivity contribution is 0.559. The van der Waals surface area contributed by atoms with Crippen LogP contribution in [-0.2, 0) is 5.75 Å². The maximum atomic E-state index is 5.33. The predicted octanol–water partition coefficient (Wildman–Crippen LogP) is 4.11. The Bertz CT molecular complexity index is 981. The van der Waals surface area contributed by atoms with Crippen molar-refractivity contribution >= 4 is 18.0 Å². The number of aromatic nitrogens is 4. The molecule has 0 aliphatic rings. The van der Waals surface area contributed by atoms with Crippen molar-refractivity contribution in [3.05, 3.63) is 84.6 Å². The van der Waals surface area contributed by atoms with Crippen LogP contribution in [0.5, 0.6) is 0 Å². The number of rotatable bonds is 6. The fourth-order valence-electron chi connectivity index (χ4n) is 2.34. The zero-order valence-electron chi connectivity index (χ0n) is 13.8. The van der Waals surface area contributed by atoms with Crippen LogP contribution in [0.2, 0.25) is 0 Å². The number of hydrogen-bond donors (Lipinski definition) is 0. The van der Waals surface area contributed by atoms with Crippen molar-refractivity contribution < 1.29 is 4.42 Å². The second-order valence-electron chi connectivity index (χ2n) is 5.39. The summed E-state index contributed by atoms with van der Waals surface area (Å²) < 4.78 is 7.05. The Morgan fingerprint density at radius 1 is 1.00 bits per heavy atom. The van der Waals surface area contributed by atoms with E-state index in [4.69, 9.17) is 4.42 Å². The topological polar surface area (TPSA) is 69.1 Å². The fraction of sp³-hybridized carbons (Fsp3) is 0.0526. The molecule has 128 valence electrons. The molecule has 4 rings (SSSR count). The van der Waals surface area contributed by atoms with Gasteiger partial charge in [0.25, 0.3) is 0 Å². The first-order valence-electron chi connectivity index (χ1n) is 8.00. The molecular weight excluding hydrogens is 346 g/mol. The molecule has 0 unspecified atom stereocenters. The highest BCUT2D eigenvalue weighted by Gasteiger charge is 2.14. The van der Waals surface area contributed by atoms with E-state index in [2.05, 4.69) is 32.4 Å². The molecule has 0 aliphatic carbocycles. The van der Waals surface area contributed by atoms with Gasteiger partial charge in [0.05, 0.1) is 12.5 Å². The smallest absolute Gasteiger partial charge is 0.212 e. The summed E-state index contributed by atoms with van der Waals surface area (Å²) >= 11 is 1.58. The molecule has 0 radical (unpaired) electrons. The van der Waals surface area contributed by atoms with Crippen LogP contribution in [-0.4, -0.2) is 26.1 Å². The number of furan rings is 1. The van der Waals surface area contributed by atoms with Crippen LogP contribution in [0.3, 0.4) is 0 Å². The zero-order valence-corrected chi connectivity index (χ0v) is 14.6. The van der Waals surface area contributed by atoms with E-state index in [1.807, 2.05) is 42.5 Å². The van der Waals surface area contributed by atoms with E-state index in [-0.39, 0.29) is 0 Å². The van der Waals surface area contributed by atoms with Crippen molar-refractivity contribution in [3.8, 4) is 11.4 Å². The van der Waals surface area contributed by atoms with E-state index in [0.29, 0.717) is 16.7 Å². The molecule has 0 fully saturated rings. The summed E-state index contributed by atoms with van der Waals surface area (Å²) in [6.07, 6.45) is 6.71. The minimum atomic E-state index is 0.658. The second kappa shape index (κ2) is 7.79. The molecule has 0 spiro atoms. The van der Waals surface area contributed by atoms with Crippen molar-refractivity contribution in [1.82, 2.24) is 19.9 Å². The third-order valence-corrected chi connectivity index (χ3v) is 4.60. The molecule has 6 nitrogen and oxygen atoms in total. The summed E-state index contributed by atoms with van der Waals surface area (Å²) in [5, 5.41) is 13.9. The van der Waals surface area contributed by atoms with E-state index >= 15 is 0 Å². The molecule has 3 heterocycles. The summed E-state index contributed by atoms with van der Waals surface area (Å²) in [5.74, 6) is 2.11. The molecule has 0 bridgehead atoms. The van der Waals surface area contributed by atoms with E-state index in [9.17, 15) is 0 Å². The lowest BCUT2D eigenvalue weighted by Crippen LogP contribution is -1.97. The van der Waals surface area contributed by atoms with Gasteiger partial charge in [-0.05, 0) is 29.8 Å². The number of benzene rings is 1. The Hall–Kier alpha value is -3.19. The van der Waals surface area contributed by atoms with Gasteiger partial charge in [-0.1, -0.05) is 42.1 Å². The van der Waals surface area contributed by atoms with Crippen molar-refractivity contribution in [2.24, 2.45) is 5.10 Å².